The van der Waals surface area contributed by atoms with Gasteiger partial charge in [-0.1, -0.05) is 0 Å². The number of nitrogens with zero attached hydrogens (tertiary/aromatic N) is 2. The summed E-state index contributed by atoms with van der Waals surface area (Å²) in [5.74, 6) is 0.970. The van der Waals surface area contributed by atoms with Crippen molar-refractivity contribution in [3.63, 3.8) is 0 Å². The minimum Gasteiger partial charge on any atom is -0.493 e. The summed E-state index contributed by atoms with van der Waals surface area (Å²) in [6.07, 6.45) is 0. The van der Waals surface area contributed by atoms with E-state index in [-0.39, 0.29) is 5.91 Å². The van der Waals surface area contributed by atoms with Gasteiger partial charge in [-0.25, -0.2) is 9.97 Å². The van der Waals surface area contributed by atoms with Crippen molar-refractivity contribution in [3.05, 3.63) is 40.3 Å². The lowest BCUT2D eigenvalue weighted by atomic mass is 10.3. The molecule has 0 saturated carbocycles. The van der Waals surface area contributed by atoms with Gasteiger partial charge in [0.15, 0.2) is 21.8 Å². The Labute approximate surface area is 152 Å². The van der Waals surface area contributed by atoms with E-state index in [1.807, 2.05) is 18.4 Å². The summed E-state index contributed by atoms with van der Waals surface area (Å²) in [4.78, 5) is 20.7. The standard InChI is InChI=1S/C16H16N4O3S2/c1-9-7-24-15(17-9)20-14(21)11-8-25-16(19-11)18-10-4-5-12(22-2)13(6-10)23-3/h4-8H,1-3H3,(H,18,19)(H,17,20,21). The van der Waals surface area contributed by atoms with Crippen molar-refractivity contribution in [1.82, 2.24) is 9.97 Å². The Kier molecular flexibility index (Phi) is 5.15. The summed E-state index contributed by atoms with van der Waals surface area (Å²) in [5.41, 5.74) is 1.99. The average Bonchev–Trinajstić information content (AvgIpc) is 3.24. The van der Waals surface area contributed by atoms with Gasteiger partial charge in [0.05, 0.1) is 19.9 Å². The number of aryl methyl sites for hydroxylation is 1. The van der Waals surface area contributed by atoms with Crippen LogP contribution in [0.1, 0.15) is 16.2 Å². The molecular formula is C16H16N4O3S2. The van der Waals surface area contributed by atoms with Crippen LogP contribution in [-0.2, 0) is 0 Å². The largest absolute Gasteiger partial charge is 0.493 e. The molecule has 0 spiro atoms. The van der Waals surface area contributed by atoms with Crippen LogP contribution in [-0.4, -0.2) is 30.1 Å². The van der Waals surface area contributed by atoms with E-state index in [4.69, 9.17) is 9.47 Å². The molecule has 0 radical (unpaired) electrons. The van der Waals surface area contributed by atoms with Gasteiger partial charge in [-0.15, -0.1) is 22.7 Å². The summed E-state index contributed by atoms with van der Waals surface area (Å²) in [6.45, 7) is 1.88. The number of ether oxygens (including phenoxy) is 2. The van der Waals surface area contributed by atoms with E-state index >= 15 is 0 Å². The number of carbonyl (C=O) groups is 1. The van der Waals surface area contributed by atoms with Crippen LogP contribution in [0.3, 0.4) is 0 Å². The zero-order chi connectivity index (χ0) is 17.8. The van der Waals surface area contributed by atoms with Crippen molar-refractivity contribution in [2.75, 3.05) is 24.9 Å². The molecule has 0 fully saturated rings. The smallest absolute Gasteiger partial charge is 0.276 e. The first-order valence-electron chi connectivity index (χ1n) is 7.27. The number of amides is 1. The van der Waals surface area contributed by atoms with Crippen molar-refractivity contribution >= 4 is 44.5 Å². The van der Waals surface area contributed by atoms with Gasteiger partial charge >= 0.3 is 0 Å². The van der Waals surface area contributed by atoms with E-state index in [0.29, 0.717) is 27.5 Å². The highest BCUT2D eigenvalue weighted by molar-refractivity contribution is 7.14. The molecule has 25 heavy (non-hydrogen) atoms. The number of benzene rings is 1. The highest BCUT2D eigenvalue weighted by Gasteiger charge is 2.13. The van der Waals surface area contributed by atoms with Gasteiger partial charge in [-0.3, -0.25) is 10.1 Å². The van der Waals surface area contributed by atoms with Crippen LogP contribution in [0.5, 0.6) is 11.5 Å². The van der Waals surface area contributed by atoms with Gasteiger partial charge < -0.3 is 14.8 Å². The maximum atomic E-state index is 12.2. The van der Waals surface area contributed by atoms with E-state index < -0.39 is 0 Å². The van der Waals surface area contributed by atoms with Gasteiger partial charge in [-0.2, -0.15) is 0 Å². The summed E-state index contributed by atoms with van der Waals surface area (Å²) in [7, 11) is 3.16. The summed E-state index contributed by atoms with van der Waals surface area (Å²) >= 11 is 2.72. The number of nitrogens with one attached hydrogen (secondary N) is 2. The van der Waals surface area contributed by atoms with E-state index in [9.17, 15) is 4.79 Å². The monoisotopic (exact) mass is 376 g/mol. The normalized spacial score (nSPS) is 10.4. The topological polar surface area (TPSA) is 85.4 Å². The van der Waals surface area contributed by atoms with Crippen molar-refractivity contribution < 1.29 is 14.3 Å². The molecule has 1 amide bonds. The lowest BCUT2D eigenvalue weighted by Crippen LogP contribution is -2.12. The van der Waals surface area contributed by atoms with Crippen LogP contribution < -0.4 is 20.1 Å². The van der Waals surface area contributed by atoms with E-state index in [1.54, 1.807) is 31.7 Å². The highest BCUT2D eigenvalue weighted by atomic mass is 32.1. The predicted octanol–water partition coefficient (Wildman–Crippen LogP) is 3.92. The van der Waals surface area contributed by atoms with Gasteiger partial charge in [0, 0.05) is 22.5 Å². The number of anilines is 3. The molecule has 3 rings (SSSR count). The Morgan fingerprint density at radius 2 is 1.80 bits per heavy atom. The predicted molar refractivity (Wildman–Crippen MR) is 99.7 cm³/mol. The number of thiazole rings is 2. The lowest BCUT2D eigenvalue weighted by molar-refractivity contribution is 0.102. The summed E-state index contributed by atoms with van der Waals surface area (Å²) in [5, 5.41) is 10.6. The number of hydrogen-bond acceptors (Lipinski definition) is 8. The number of carbonyl (C=O) groups excluding carboxylic acids is 1. The molecule has 0 bridgehead atoms. The third-order valence-corrected chi connectivity index (χ3v) is 4.84. The van der Waals surface area contributed by atoms with Crippen LogP contribution in [0.25, 0.3) is 0 Å². The molecule has 1 aromatic carbocycles. The lowest BCUT2D eigenvalue weighted by Gasteiger charge is -2.09. The maximum absolute atomic E-state index is 12.2. The molecule has 130 valence electrons. The van der Waals surface area contributed by atoms with Gasteiger partial charge in [-0.05, 0) is 19.1 Å². The van der Waals surface area contributed by atoms with Crippen LogP contribution in [0.15, 0.2) is 29.0 Å². The van der Waals surface area contributed by atoms with Crippen molar-refractivity contribution in [1.29, 1.82) is 0 Å². The third kappa shape index (κ3) is 4.06. The van der Waals surface area contributed by atoms with Crippen LogP contribution in [0.2, 0.25) is 0 Å². The first-order valence-corrected chi connectivity index (χ1v) is 9.03. The highest BCUT2D eigenvalue weighted by Crippen LogP contribution is 2.31. The molecular weight excluding hydrogens is 360 g/mol. The minimum atomic E-state index is -0.286. The Hall–Kier alpha value is -2.65. The molecule has 0 saturated heterocycles. The fraction of sp³-hybridized carbons (Fsp3) is 0.188. The molecule has 0 unspecified atom stereocenters. The Morgan fingerprint density at radius 3 is 2.48 bits per heavy atom. The van der Waals surface area contributed by atoms with Crippen LogP contribution in [0, 0.1) is 6.92 Å². The quantitative estimate of drug-likeness (QED) is 0.678. The van der Waals surface area contributed by atoms with Crippen LogP contribution >= 0.6 is 22.7 Å². The van der Waals surface area contributed by atoms with Crippen molar-refractivity contribution in [2.24, 2.45) is 0 Å². The molecule has 3 aromatic rings. The maximum Gasteiger partial charge on any atom is 0.276 e. The average molecular weight is 376 g/mol. The van der Waals surface area contributed by atoms with Crippen LogP contribution in [0.4, 0.5) is 16.0 Å². The fourth-order valence-corrected chi connectivity index (χ4v) is 3.44. The molecule has 7 nitrogen and oxygen atoms in total. The first kappa shape index (κ1) is 17.2. The van der Waals surface area contributed by atoms with E-state index in [1.165, 1.54) is 22.7 Å². The van der Waals surface area contributed by atoms with E-state index in [0.717, 1.165) is 11.4 Å². The zero-order valence-corrected chi connectivity index (χ0v) is 15.5. The zero-order valence-electron chi connectivity index (χ0n) is 13.8. The molecule has 0 atom stereocenters. The van der Waals surface area contributed by atoms with E-state index in [2.05, 4.69) is 20.6 Å². The second kappa shape index (κ2) is 7.49. The fourth-order valence-electron chi connectivity index (χ4n) is 2.05. The SMILES string of the molecule is COc1ccc(Nc2nc(C(=O)Nc3nc(C)cs3)cs2)cc1OC. The third-order valence-electron chi connectivity index (χ3n) is 3.21. The molecule has 9 heteroatoms. The number of aromatic nitrogens is 2. The Bertz CT molecular complexity index is 891. The molecule has 2 N–H and O–H groups in total. The summed E-state index contributed by atoms with van der Waals surface area (Å²) in [6, 6.07) is 5.45. The number of rotatable bonds is 6. The molecule has 0 aliphatic heterocycles. The molecule has 2 heterocycles. The first-order chi connectivity index (χ1) is 12.1. The van der Waals surface area contributed by atoms with Gasteiger partial charge in [0.1, 0.15) is 5.69 Å². The number of hydrogen-bond donors (Lipinski definition) is 2. The Morgan fingerprint density at radius 1 is 1.04 bits per heavy atom. The van der Waals surface area contributed by atoms with Gasteiger partial charge in [0.25, 0.3) is 5.91 Å². The van der Waals surface area contributed by atoms with Gasteiger partial charge in [0.2, 0.25) is 0 Å². The second-order valence-corrected chi connectivity index (χ2v) is 6.70. The minimum absolute atomic E-state index is 0.286. The number of methoxy groups -OCH3 is 2. The molecule has 0 aliphatic carbocycles. The Balaban J connectivity index is 1.70. The van der Waals surface area contributed by atoms with Crippen molar-refractivity contribution in [2.45, 2.75) is 6.92 Å². The molecule has 2 aromatic heterocycles. The summed E-state index contributed by atoms with van der Waals surface area (Å²) < 4.78 is 10.5. The second-order valence-electron chi connectivity index (χ2n) is 4.98. The van der Waals surface area contributed by atoms with Crippen molar-refractivity contribution in [3.8, 4) is 11.5 Å². The molecule has 0 aliphatic rings.